The van der Waals surface area contributed by atoms with Crippen LogP contribution in [0.3, 0.4) is 0 Å². The predicted octanol–water partition coefficient (Wildman–Crippen LogP) is 1.72. The Morgan fingerprint density at radius 1 is 1.58 bits per heavy atom. The van der Waals surface area contributed by atoms with E-state index >= 15 is 0 Å². The third-order valence-electron chi connectivity index (χ3n) is 3.93. The summed E-state index contributed by atoms with van der Waals surface area (Å²) in [5.41, 5.74) is 2.35. The van der Waals surface area contributed by atoms with E-state index in [4.69, 9.17) is 5.11 Å². The Kier molecular flexibility index (Phi) is 4.58. The van der Waals surface area contributed by atoms with Gasteiger partial charge in [-0.25, -0.2) is 0 Å². The first-order valence-corrected chi connectivity index (χ1v) is 7.07. The highest BCUT2D eigenvalue weighted by Crippen LogP contribution is 2.24. The third-order valence-corrected chi connectivity index (χ3v) is 3.93. The number of hydrogen-bond donors (Lipinski definition) is 2. The zero-order chi connectivity index (χ0) is 13.8. The summed E-state index contributed by atoms with van der Waals surface area (Å²) in [6.45, 7) is 2.89. The number of rotatable bonds is 5. The van der Waals surface area contributed by atoms with Gasteiger partial charge in [-0.1, -0.05) is 13.3 Å². The van der Waals surface area contributed by atoms with Crippen LogP contribution in [0.4, 0.5) is 0 Å². The number of carboxylic acid groups (broad SMARTS) is 1. The molecule has 1 aromatic rings. The maximum absolute atomic E-state index is 11.0. The Balaban J connectivity index is 1.89. The number of aliphatic carboxylic acids is 1. The third kappa shape index (κ3) is 3.56. The van der Waals surface area contributed by atoms with Gasteiger partial charge >= 0.3 is 5.97 Å². The minimum absolute atomic E-state index is 0.175. The van der Waals surface area contributed by atoms with Crippen LogP contribution in [-0.4, -0.2) is 26.9 Å². The fourth-order valence-corrected chi connectivity index (χ4v) is 2.88. The summed E-state index contributed by atoms with van der Waals surface area (Å²) in [4.78, 5) is 11.0. The van der Waals surface area contributed by atoms with E-state index in [0.29, 0.717) is 6.04 Å². The fraction of sp³-hybridized carbons (Fsp3) is 0.714. The van der Waals surface area contributed by atoms with Crippen LogP contribution in [0.1, 0.15) is 43.9 Å². The highest BCUT2D eigenvalue weighted by molar-refractivity contribution is 5.70. The zero-order valence-electron chi connectivity index (χ0n) is 11.7. The van der Waals surface area contributed by atoms with Gasteiger partial charge in [0.15, 0.2) is 0 Å². The average Bonchev–Trinajstić information content (AvgIpc) is 2.77. The van der Waals surface area contributed by atoms with E-state index in [1.54, 1.807) is 0 Å². The van der Waals surface area contributed by atoms with Crippen molar-refractivity contribution in [2.45, 2.75) is 51.6 Å². The molecule has 1 aliphatic rings. The minimum Gasteiger partial charge on any atom is -0.481 e. The molecule has 0 spiro atoms. The molecule has 0 amide bonds. The van der Waals surface area contributed by atoms with Gasteiger partial charge in [-0.15, -0.1) is 0 Å². The molecule has 2 unspecified atom stereocenters. The van der Waals surface area contributed by atoms with E-state index in [-0.39, 0.29) is 5.92 Å². The number of nitrogens with one attached hydrogen (secondary N) is 1. The number of aromatic nitrogens is 2. The molecule has 2 N–H and O–H groups in total. The van der Waals surface area contributed by atoms with E-state index in [0.717, 1.165) is 44.3 Å². The second kappa shape index (κ2) is 6.19. The Morgan fingerprint density at radius 2 is 2.37 bits per heavy atom. The van der Waals surface area contributed by atoms with E-state index in [2.05, 4.69) is 17.3 Å². The Bertz CT molecular complexity index is 442. The summed E-state index contributed by atoms with van der Waals surface area (Å²) < 4.78 is 1.84. The van der Waals surface area contributed by atoms with Crippen LogP contribution in [0.25, 0.3) is 0 Å². The Hall–Kier alpha value is -1.36. The van der Waals surface area contributed by atoms with Gasteiger partial charge in [0.05, 0.1) is 11.6 Å². The van der Waals surface area contributed by atoms with Gasteiger partial charge in [0.1, 0.15) is 0 Å². The van der Waals surface area contributed by atoms with Crippen molar-refractivity contribution in [3.63, 3.8) is 0 Å². The molecule has 0 aromatic carbocycles. The number of hydrogen-bond acceptors (Lipinski definition) is 3. The quantitative estimate of drug-likeness (QED) is 0.850. The van der Waals surface area contributed by atoms with Crippen LogP contribution < -0.4 is 5.32 Å². The monoisotopic (exact) mass is 265 g/mol. The summed E-state index contributed by atoms with van der Waals surface area (Å²) in [7, 11) is 1.93. The van der Waals surface area contributed by atoms with Gasteiger partial charge in [-0.3, -0.25) is 9.48 Å². The second-order valence-corrected chi connectivity index (χ2v) is 5.41. The summed E-state index contributed by atoms with van der Waals surface area (Å²) in [6, 6.07) is 0.319. The van der Waals surface area contributed by atoms with Gasteiger partial charge < -0.3 is 10.4 Å². The predicted molar refractivity (Wildman–Crippen MR) is 72.8 cm³/mol. The first-order chi connectivity index (χ1) is 9.10. The van der Waals surface area contributed by atoms with E-state index < -0.39 is 5.97 Å². The molecule has 19 heavy (non-hydrogen) atoms. The number of nitrogens with zero attached hydrogens (tertiary/aromatic N) is 2. The summed E-state index contributed by atoms with van der Waals surface area (Å²) in [6.07, 6.45) is 6.62. The average molecular weight is 265 g/mol. The van der Waals surface area contributed by atoms with Crippen molar-refractivity contribution in [1.82, 2.24) is 15.1 Å². The molecular formula is C14H23N3O2. The topological polar surface area (TPSA) is 67.2 Å². The molecule has 0 bridgehead atoms. The molecule has 0 saturated heterocycles. The van der Waals surface area contributed by atoms with Crippen molar-refractivity contribution in [1.29, 1.82) is 0 Å². The van der Waals surface area contributed by atoms with Gasteiger partial charge in [0.25, 0.3) is 0 Å². The molecule has 1 heterocycles. The van der Waals surface area contributed by atoms with Crippen LogP contribution >= 0.6 is 0 Å². The van der Waals surface area contributed by atoms with Crippen LogP contribution in [0, 0.1) is 5.92 Å². The zero-order valence-corrected chi connectivity index (χ0v) is 11.7. The molecule has 2 atom stereocenters. The van der Waals surface area contributed by atoms with Gasteiger partial charge in [-0.05, 0) is 25.7 Å². The largest absolute Gasteiger partial charge is 0.481 e. The molecule has 1 aromatic heterocycles. The molecule has 0 radical (unpaired) electrons. The number of carbonyl (C=O) groups is 1. The van der Waals surface area contributed by atoms with Gasteiger partial charge in [0, 0.05) is 31.4 Å². The summed E-state index contributed by atoms with van der Waals surface area (Å²) >= 11 is 0. The molecule has 1 aliphatic carbocycles. The number of carboxylic acids is 1. The summed E-state index contributed by atoms with van der Waals surface area (Å²) in [5, 5.41) is 17.0. The SMILES string of the molecule is CCc1nn(C)cc1CNC1CCCC(C(=O)O)C1. The maximum Gasteiger partial charge on any atom is 0.306 e. The highest BCUT2D eigenvalue weighted by Gasteiger charge is 2.26. The number of aryl methyl sites for hydroxylation is 2. The van der Waals surface area contributed by atoms with Crippen molar-refractivity contribution in [2.24, 2.45) is 13.0 Å². The maximum atomic E-state index is 11.0. The molecule has 2 rings (SSSR count). The van der Waals surface area contributed by atoms with Crippen molar-refractivity contribution in [3.05, 3.63) is 17.5 Å². The van der Waals surface area contributed by atoms with Crippen LogP contribution in [-0.2, 0) is 24.8 Å². The molecule has 5 heteroatoms. The second-order valence-electron chi connectivity index (χ2n) is 5.41. The lowest BCUT2D eigenvalue weighted by atomic mass is 9.86. The summed E-state index contributed by atoms with van der Waals surface area (Å²) in [5.74, 6) is -0.826. The van der Waals surface area contributed by atoms with Crippen molar-refractivity contribution < 1.29 is 9.90 Å². The lowest BCUT2D eigenvalue weighted by molar-refractivity contribution is -0.143. The van der Waals surface area contributed by atoms with E-state index in [1.807, 2.05) is 17.9 Å². The van der Waals surface area contributed by atoms with E-state index in [1.165, 1.54) is 5.56 Å². The lowest BCUT2D eigenvalue weighted by Crippen LogP contribution is -2.36. The molecule has 1 fully saturated rings. The lowest BCUT2D eigenvalue weighted by Gasteiger charge is -2.27. The van der Waals surface area contributed by atoms with Gasteiger partial charge in [-0.2, -0.15) is 5.10 Å². The van der Waals surface area contributed by atoms with Crippen molar-refractivity contribution in [3.8, 4) is 0 Å². The highest BCUT2D eigenvalue weighted by atomic mass is 16.4. The smallest absolute Gasteiger partial charge is 0.306 e. The Labute approximate surface area is 114 Å². The normalized spacial score (nSPS) is 23.5. The first-order valence-electron chi connectivity index (χ1n) is 7.07. The first kappa shape index (κ1) is 14.1. The van der Waals surface area contributed by atoms with Crippen molar-refractivity contribution in [2.75, 3.05) is 0 Å². The Morgan fingerprint density at radius 3 is 3.05 bits per heavy atom. The molecule has 5 nitrogen and oxygen atoms in total. The minimum atomic E-state index is -0.651. The van der Waals surface area contributed by atoms with Crippen LogP contribution in [0.15, 0.2) is 6.20 Å². The van der Waals surface area contributed by atoms with Crippen LogP contribution in [0.2, 0.25) is 0 Å². The van der Waals surface area contributed by atoms with E-state index in [9.17, 15) is 4.79 Å². The molecule has 106 valence electrons. The molecule has 1 saturated carbocycles. The molecule has 0 aliphatic heterocycles. The van der Waals surface area contributed by atoms with Gasteiger partial charge in [0.2, 0.25) is 0 Å². The standard InChI is InChI=1S/C14H23N3O2/c1-3-13-11(9-17(2)16-13)8-15-12-6-4-5-10(7-12)14(18)19/h9-10,12,15H,3-8H2,1-2H3,(H,18,19). The molecular weight excluding hydrogens is 242 g/mol. The fourth-order valence-electron chi connectivity index (χ4n) is 2.88. The van der Waals surface area contributed by atoms with Crippen molar-refractivity contribution >= 4 is 5.97 Å². The van der Waals surface area contributed by atoms with Crippen LogP contribution in [0.5, 0.6) is 0 Å².